The minimum atomic E-state index is 0.735. The summed E-state index contributed by atoms with van der Waals surface area (Å²) in [7, 11) is 1.92. The fourth-order valence-corrected chi connectivity index (χ4v) is 2.02. The van der Waals surface area contributed by atoms with Crippen molar-refractivity contribution in [2.75, 3.05) is 0 Å². The highest BCUT2D eigenvalue weighted by molar-refractivity contribution is 14.1. The van der Waals surface area contributed by atoms with E-state index in [4.69, 9.17) is 0 Å². The van der Waals surface area contributed by atoms with Gasteiger partial charge >= 0.3 is 0 Å². The van der Waals surface area contributed by atoms with Gasteiger partial charge in [0, 0.05) is 25.0 Å². The third-order valence-corrected chi connectivity index (χ3v) is 3.04. The van der Waals surface area contributed by atoms with Crippen LogP contribution < -0.4 is 0 Å². The molecule has 0 N–H and O–H groups in total. The molecule has 0 aliphatic carbocycles. The first-order chi connectivity index (χ1) is 7.19. The van der Waals surface area contributed by atoms with Gasteiger partial charge in [0.25, 0.3) is 0 Å². The van der Waals surface area contributed by atoms with Crippen LogP contribution in [0, 0.1) is 3.70 Å². The number of nitrogens with zero attached hydrogens (tertiary/aromatic N) is 5. The van der Waals surface area contributed by atoms with E-state index in [1.807, 2.05) is 28.8 Å². The van der Waals surface area contributed by atoms with Gasteiger partial charge in [-0.2, -0.15) is 5.10 Å². The number of aromatic nitrogens is 5. The summed E-state index contributed by atoms with van der Waals surface area (Å²) in [5.41, 5.74) is 2.19. The molecule has 2 aromatic rings. The van der Waals surface area contributed by atoms with E-state index >= 15 is 0 Å². The van der Waals surface area contributed by atoms with E-state index in [-0.39, 0.29) is 0 Å². The topological polar surface area (TPSA) is 48.5 Å². The Kier molecular flexibility index (Phi) is 3.03. The lowest BCUT2D eigenvalue weighted by Gasteiger charge is -1.96. The van der Waals surface area contributed by atoms with Crippen LogP contribution >= 0.6 is 22.6 Å². The van der Waals surface area contributed by atoms with E-state index in [1.54, 1.807) is 0 Å². The van der Waals surface area contributed by atoms with Gasteiger partial charge in [0.1, 0.15) is 3.70 Å². The van der Waals surface area contributed by atoms with Crippen LogP contribution in [0.3, 0.4) is 0 Å². The molecule has 15 heavy (non-hydrogen) atoms. The van der Waals surface area contributed by atoms with Crippen molar-refractivity contribution in [1.82, 2.24) is 24.8 Å². The van der Waals surface area contributed by atoms with Crippen molar-refractivity contribution in [3.63, 3.8) is 0 Å². The van der Waals surface area contributed by atoms with E-state index in [9.17, 15) is 0 Å². The number of hydrogen-bond donors (Lipinski definition) is 0. The molecule has 0 amide bonds. The zero-order valence-corrected chi connectivity index (χ0v) is 10.8. The summed E-state index contributed by atoms with van der Waals surface area (Å²) in [4.78, 5) is 0. The average Bonchev–Trinajstić information content (AvgIpc) is 2.75. The highest BCUT2D eigenvalue weighted by atomic mass is 127. The highest BCUT2D eigenvalue weighted by Gasteiger charge is 2.06. The van der Waals surface area contributed by atoms with Gasteiger partial charge in [0.15, 0.2) is 0 Å². The Morgan fingerprint density at radius 2 is 2.20 bits per heavy atom. The molecular formula is C9H12IN5. The Morgan fingerprint density at radius 1 is 1.40 bits per heavy atom. The molecule has 2 heterocycles. The average molecular weight is 317 g/mol. The van der Waals surface area contributed by atoms with Crippen molar-refractivity contribution in [2.45, 2.75) is 19.9 Å². The summed E-state index contributed by atoms with van der Waals surface area (Å²) in [6.07, 6.45) is 4.91. The summed E-state index contributed by atoms with van der Waals surface area (Å²) in [5, 5.41) is 12.4. The number of halogens is 1. The molecule has 2 aromatic heterocycles. The minimum absolute atomic E-state index is 0.735. The molecule has 0 unspecified atom stereocenters. The van der Waals surface area contributed by atoms with Crippen molar-refractivity contribution in [3.8, 4) is 0 Å². The molecule has 0 aliphatic rings. The lowest BCUT2D eigenvalue weighted by molar-refractivity contribution is 0.647. The molecule has 0 bridgehead atoms. The molecule has 6 heteroatoms. The standard InChI is InChI=1S/C9H12IN5/c1-3-8-6-15(13-11-8)5-7-4-14(2)12-9(7)10/h4,6H,3,5H2,1-2H3. The number of hydrogen-bond acceptors (Lipinski definition) is 3. The van der Waals surface area contributed by atoms with Crippen molar-refractivity contribution in [1.29, 1.82) is 0 Å². The summed E-state index contributed by atoms with van der Waals surface area (Å²) in [5.74, 6) is 0. The minimum Gasteiger partial charge on any atom is -0.274 e. The molecule has 0 saturated heterocycles. The van der Waals surface area contributed by atoms with Crippen LogP contribution in [-0.4, -0.2) is 24.8 Å². The molecular weight excluding hydrogens is 305 g/mol. The molecule has 0 spiro atoms. The van der Waals surface area contributed by atoms with Gasteiger partial charge in [-0.15, -0.1) is 5.10 Å². The first-order valence-electron chi connectivity index (χ1n) is 4.76. The Labute approximate surface area is 102 Å². The molecule has 0 aliphatic heterocycles. The van der Waals surface area contributed by atoms with E-state index in [0.29, 0.717) is 0 Å². The van der Waals surface area contributed by atoms with Gasteiger partial charge in [0.2, 0.25) is 0 Å². The number of rotatable bonds is 3. The normalized spacial score (nSPS) is 10.9. The monoisotopic (exact) mass is 317 g/mol. The molecule has 0 radical (unpaired) electrons. The van der Waals surface area contributed by atoms with E-state index in [2.05, 4.69) is 44.9 Å². The van der Waals surface area contributed by atoms with Gasteiger partial charge in [-0.25, -0.2) is 4.68 Å². The molecule has 0 saturated carbocycles. The Bertz CT molecular complexity index is 459. The van der Waals surface area contributed by atoms with Crippen LogP contribution in [0.25, 0.3) is 0 Å². The van der Waals surface area contributed by atoms with Crippen LogP contribution in [0.2, 0.25) is 0 Å². The third kappa shape index (κ3) is 2.36. The second kappa shape index (κ2) is 4.30. The molecule has 0 aromatic carbocycles. The van der Waals surface area contributed by atoms with Gasteiger partial charge in [-0.05, 0) is 29.0 Å². The van der Waals surface area contributed by atoms with Crippen LogP contribution in [0.1, 0.15) is 18.2 Å². The van der Waals surface area contributed by atoms with Gasteiger partial charge < -0.3 is 0 Å². The van der Waals surface area contributed by atoms with Crippen molar-refractivity contribution in [2.24, 2.45) is 7.05 Å². The van der Waals surface area contributed by atoms with E-state index in [0.717, 1.165) is 22.4 Å². The lowest BCUT2D eigenvalue weighted by Crippen LogP contribution is -2.00. The van der Waals surface area contributed by atoms with E-state index < -0.39 is 0 Å². The Hall–Kier alpha value is -0.920. The van der Waals surface area contributed by atoms with E-state index in [1.165, 1.54) is 5.56 Å². The molecule has 80 valence electrons. The molecule has 5 nitrogen and oxygen atoms in total. The maximum absolute atomic E-state index is 4.28. The Balaban J connectivity index is 2.17. The molecule has 0 fully saturated rings. The first kappa shape index (κ1) is 10.6. The van der Waals surface area contributed by atoms with Gasteiger partial charge in [-0.1, -0.05) is 12.1 Å². The maximum atomic E-state index is 4.28. The smallest absolute Gasteiger partial charge is 0.128 e. The predicted octanol–water partition coefficient (Wildman–Crippen LogP) is 1.23. The summed E-state index contributed by atoms with van der Waals surface area (Å²) in [6.45, 7) is 2.81. The SMILES string of the molecule is CCc1cn(Cc2cn(C)nc2I)nn1. The second-order valence-corrected chi connectivity index (χ2v) is 4.40. The van der Waals surface area contributed by atoms with Crippen LogP contribution in [0.5, 0.6) is 0 Å². The van der Waals surface area contributed by atoms with Crippen molar-refractivity contribution in [3.05, 3.63) is 27.4 Å². The van der Waals surface area contributed by atoms with Crippen LogP contribution in [0.15, 0.2) is 12.4 Å². The third-order valence-electron chi connectivity index (χ3n) is 2.13. The van der Waals surface area contributed by atoms with Gasteiger partial charge in [0.05, 0.1) is 12.2 Å². The second-order valence-electron chi connectivity index (χ2n) is 3.38. The van der Waals surface area contributed by atoms with Crippen molar-refractivity contribution >= 4 is 22.6 Å². The van der Waals surface area contributed by atoms with Crippen LogP contribution in [0.4, 0.5) is 0 Å². The zero-order chi connectivity index (χ0) is 10.8. The zero-order valence-electron chi connectivity index (χ0n) is 8.68. The van der Waals surface area contributed by atoms with Crippen LogP contribution in [-0.2, 0) is 20.0 Å². The molecule has 2 rings (SSSR count). The maximum Gasteiger partial charge on any atom is 0.128 e. The lowest BCUT2D eigenvalue weighted by atomic mass is 10.3. The van der Waals surface area contributed by atoms with Crippen molar-refractivity contribution < 1.29 is 0 Å². The fraction of sp³-hybridized carbons (Fsp3) is 0.444. The number of aryl methyl sites for hydroxylation is 2. The quantitative estimate of drug-likeness (QED) is 0.800. The first-order valence-corrected chi connectivity index (χ1v) is 5.84. The fourth-order valence-electron chi connectivity index (χ4n) is 1.37. The summed E-state index contributed by atoms with van der Waals surface area (Å²) in [6, 6.07) is 0. The summed E-state index contributed by atoms with van der Waals surface area (Å²) < 4.78 is 4.68. The Morgan fingerprint density at radius 3 is 2.73 bits per heavy atom. The predicted molar refractivity (Wildman–Crippen MR) is 64.4 cm³/mol. The highest BCUT2D eigenvalue weighted by Crippen LogP contribution is 2.10. The van der Waals surface area contributed by atoms with Gasteiger partial charge in [-0.3, -0.25) is 4.68 Å². The largest absolute Gasteiger partial charge is 0.274 e. The molecule has 0 atom stereocenters. The summed E-state index contributed by atoms with van der Waals surface area (Å²) >= 11 is 2.23.